The third-order valence-electron chi connectivity index (χ3n) is 6.68. The number of rotatable bonds is 4. The van der Waals surface area contributed by atoms with Gasteiger partial charge in [0.2, 0.25) is 11.8 Å². The van der Waals surface area contributed by atoms with Crippen LogP contribution in [0.5, 0.6) is 0 Å². The van der Waals surface area contributed by atoms with Crippen LogP contribution in [0, 0.1) is 0 Å². The monoisotopic (exact) mass is 438 g/mol. The molecule has 1 aliphatic rings. The fourth-order valence-electron chi connectivity index (χ4n) is 4.73. The van der Waals surface area contributed by atoms with E-state index in [1.54, 1.807) is 6.92 Å². The van der Waals surface area contributed by atoms with Gasteiger partial charge >= 0.3 is 0 Å². The summed E-state index contributed by atoms with van der Waals surface area (Å²) in [5.74, 6) is 0.0254. The van der Waals surface area contributed by atoms with Crippen molar-refractivity contribution in [3.63, 3.8) is 0 Å². The van der Waals surface area contributed by atoms with Gasteiger partial charge in [-0.1, -0.05) is 42.5 Å². The topological polar surface area (TPSA) is 67.2 Å². The van der Waals surface area contributed by atoms with Gasteiger partial charge in [0.05, 0.1) is 16.4 Å². The molecule has 0 atom stereocenters. The maximum absolute atomic E-state index is 13.6. The first-order valence-corrected chi connectivity index (χ1v) is 11.2. The lowest BCUT2D eigenvalue weighted by Gasteiger charge is -2.40. The van der Waals surface area contributed by atoms with E-state index in [4.69, 9.17) is 0 Å². The Morgan fingerprint density at radius 2 is 1.55 bits per heavy atom. The minimum absolute atomic E-state index is 0.0299. The van der Waals surface area contributed by atoms with Crippen molar-refractivity contribution in [3.05, 3.63) is 90.8 Å². The number of hydrogen-bond acceptors (Lipinski definition) is 3. The summed E-state index contributed by atoms with van der Waals surface area (Å²) >= 11 is 0. The Labute approximate surface area is 192 Å². The highest BCUT2D eigenvalue weighted by Gasteiger charge is 2.43. The number of nitrogens with zero attached hydrogens (tertiary/aromatic N) is 3. The number of hydrogen-bond donors (Lipinski definition) is 1. The normalized spacial score (nSPS) is 15.4. The fourth-order valence-corrected chi connectivity index (χ4v) is 4.73. The number of amides is 2. The van der Waals surface area contributed by atoms with Gasteiger partial charge in [-0.25, -0.2) is 4.98 Å². The summed E-state index contributed by atoms with van der Waals surface area (Å²) in [6.07, 6.45) is 3.01. The van der Waals surface area contributed by atoms with Gasteiger partial charge in [0.25, 0.3) is 0 Å². The minimum Gasteiger partial charge on any atom is -0.343 e. The molecule has 0 radical (unpaired) electrons. The number of imidazole rings is 1. The predicted molar refractivity (Wildman–Crippen MR) is 129 cm³/mol. The molecule has 166 valence electrons. The van der Waals surface area contributed by atoms with Crippen molar-refractivity contribution in [2.45, 2.75) is 25.2 Å². The molecule has 1 saturated heterocycles. The lowest BCUT2D eigenvalue weighted by atomic mass is 9.72. The SMILES string of the molecule is CC(=O)N1CCC(C(=O)Nc2ccc(-n3cnc4ccccc43)cc2)(c2ccccc2)CC1. The number of carbonyl (C=O) groups excluding carboxylic acids is 2. The Kier molecular flexibility index (Phi) is 5.42. The average molecular weight is 439 g/mol. The molecule has 5 rings (SSSR count). The van der Waals surface area contributed by atoms with Crippen molar-refractivity contribution < 1.29 is 9.59 Å². The second kappa shape index (κ2) is 8.54. The zero-order valence-corrected chi connectivity index (χ0v) is 18.6. The highest BCUT2D eigenvalue weighted by Crippen LogP contribution is 2.37. The van der Waals surface area contributed by atoms with E-state index in [0.717, 1.165) is 28.0 Å². The Morgan fingerprint density at radius 3 is 2.24 bits per heavy atom. The summed E-state index contributed by atoms with van der Waals surface area (Å²) in [6, 6.07) is 25.7. The summed E-state index contributed by atoms with van der Waals surface area (Å²) in [5.41, 5.74) is 4.04. The molecule has 0 bridgehead atoms. The molecule has 2 heterocycles. The summed E-state index contributed by atoms with van der Waals surface area (Å²) in [4.78, 5) is 31.7. The number of nitrogens with one attached hydrogen (secondary N) is 1. The molecule has 1 N–H and O–H groups in total. The van der Waals surface area contributed by atoms with E-state index in [0.29, 0.717) is 25.9 Å². The molecule has 6 heteroatoms. The highest BCUT2D eigenvalue weighted by atomic mass is 16.2. The van der Waals surface area contributed by atoms with Crippen LogP contribution in [-0.2, 0) is 15.0 Å². The van der Waals surface area contributed by atoms with Gasteiger partial charge < -0.3 is 10.2 Å². The van der Waals surface area contributed by atoms with Crippen LogP contribution in [0.2, 0.25) is 0 Å². The number of likely N-dealkylation sites (tertiary alicyclic amines) is 1. The maximum Gasteiger partial charge on any atom is 0.235 e. The molecule has 0 aliphatic carbocycles. The molecule has 1 aromatic heterocycles. The summed E-state index contributed by atoms with van der Waals surface area (Å²) in [6.45, 7) is 2.73. The molecule has 2 amide bonds. The van der Waals surface area contributed by atoms with Crippen molar-refractivity contribution in [2.24, 2.45) is 0 Å². The van der Waals surface area contributed by atoms with Crippen molar-refractivity contribution >= 4 is 28.5 Å². The number of aromatic nitrogens is 2. The van der Waals surface area contributed by atoms with Crippen LogP contribution in [-0.4, -0.2) is 39.4 Å². The van der Waals surface area contributed by atoms with Crippen molar-refractivity contribution in [1.29, 1.82) is 0 Å². The number of piperidine rings is 1. The van der Waals surface area contributed by atoms with E-state index in [-0.39, 0.29) is 11.8 Å². The quantitative estimate of drug-likeness (QED) is 0.509. The van der Waals surface area contributed by atoms with Crippen molar-refractivity contribution in [1.82, 2.24) is 14.5 Å². The van der Waals surface area contributed by atoms with Gasteiger partial charge in [0.15, 0.2) is 0 Å². The molecule has 3 aromatic carbocycles. The summed E-state index contributed by atoms with van der Waals surface area (Å²) in [7, 11) is 0. The number of carbonyl (C=O) groups is 2. The number of anilines is 1. The van der Waals surface area contributed by atoms with Gasteiger partial charge in [-0.15, -0.1) is 0 Å². The average Bonchev–Trinajstić information content (AvgIpc) is 3.29. The molecule has 33 heavy (non-hydrogen) atoms. The van der Waals surface area contributed by atoms with Gasteiger partial charge in [-0.05, 0) is 54.8 Å². The van der Waals surface area contributed by atoms with Crippen LogP contribution in [0.1, 0.15) is 25.3 Å². The van der Waals surface area contributed by atoms with E-state index >= 15 is 0 Å². The first-order valence-electron chi connectivity index (χ1n) is 11.2. The first-order chi connectivity index (χ1) is 16.1. The molecular weight excluding hydrogens is 412 g/mol. The van der Waals surface area contributed by atoms with E-state index in [1.165, 1.54) is 0 Å². The molecule has 0 spiro atoms. The third-order valence-corrected chi connectivity index (χ3v) is 6.68. The number of benzene rings is 3. The Balaban J connectivity index is 1.39. The van der Waals surface area contributed by atoms with Crippen LogP contribution < -0.4 is 5.32 Å². The standard InChI is InChI=1S/C27H26N4O2/c1-20(32)30-17-15-27(16-18-30,21-7-3-2-4-8-21)26(33)29-22-11-13-23(14-12-22)31-19-28-24-9-5-6-10-25(24)31/h2-14,19H,15-18H2,1H3,(H,29,33). The first kappa shape index (κ1) is 20.9. The van der Waals surface area contributed by atoms with E-state index in [1.807, 2.05) is 94.7 Å². The Hall–Kier alpha value is -3.93. The summed E-state index contributed by atoms with van der Waals surface area (Å²) in [5, 5.41) is 3.14. The zero-order valence-electron chi connectivity index (χ0n) is 18.6. The largest absolute Gasteiger partial charge is 0.343 e. The van der Waals surface area contributed by atoms with Gasteiger partial charge in [-0.2, -0.15) is 0 Å². The smallest absolute Gasteiger partial charge is 0.235 e. The van der Waals surface area contributed by atoms with E-state index < -0.39 is 5.41 Å². The van der Waals surface area contributed by atoms with Crippen LogP contribution >= 0.6 is 0 Å². The lowest BCUT2D eigenvalue weighted by molar-refractivity contribution is -0.133. The van der Waals surface area contributed by atoms with E-state index in [9.17, 15) is 9.59 Å². The van der Waals surface area contributed by atoms with Crippen LogP contribution in [0.3, 0.4) is 0 Å². The highest BCUT2D eigenvalue weighted by molar-refractivity contribution is 5.99. The van der Waals surface area contributed by atoms with Crippen LogP contribution in [0.4, 0.5) is 5.69 Å². The van der Waals surface area contributed by atoms with Gasteiger partial charge in [0, 0.05) is 31.4 Å². The molecule has 0 saturated carbocycles. The molecule has 4 aromatic rings. The molecule has 6 nitrogen and oxygen atoms in total. The number of para-hydroxylation sites is 2. The Bertz CT molecular complexity index is 1290. The Morgan fingerprint density at radius 1 is 0.879 bits per heavy atom. The van der Waals surface area contributed by atoms with Gasteiger partial charge in [-0.3, -0.25) is 14.2 Å². The molecule has 1 aliphatic heterocycles. The molecular formula is C27H26N4O2. The maximum atomic E-state index is 13.6. The second-order valence-electron chi connectivity index (χ2n) is 8.56. The molecule has 0 unspecified atom stereocenters. The van der Waals surface area contributed by atoms with Crippen molar-refractivity contribution in [2.75, 3.05) is 18.4 Å². The lowest BCUT2D eigenvalue weighted by Crippen LogP contribution is -2.50. The third kappa shape index (κ3) is 3.89. The zero-order chi connectivity index (χ0) is 22.8. The molecule has 1 fully saturated rings. The second-order valence-corrected chi connectivity index (χ2v) is 8.56. The fraction of sp³-hybridized carbons (Fsp3) is 0.222. The van der Waals surface area contributed by atoms with Crippen LogP contribution in [0.15, 0.2) is 85.2 Å². The van der Waals surface area contributed by atoms with E-state index in [2.05, 4.69) is 10.3 Å². The summed E-state index contributed by atoms with van der Waals surface area (Å²) < 4.78 is 2.03. The predicted octanol–water partition coefficient (Wildman–Crippen LogP) is 4.54. The van der Waals surface area contributed by atoms with Crippen molar-refractivity contribution in [3.8, 4) is 5.69 Å². The minimum atomic E-state index is -0.660. The van der Waals surface area contributed by atoms with Crippen LogP contribution in [0.25, 0.3) is 16.7 Å². The van der Waals surface area contributed by atoms with Gasteiger partial charge in [0.1, 0.15) is 6.33 Å². The number of fused-ring (bicyclic) bond motifs is 1.